The highest BCUT2D eigenvalue weighted by Gasteiger charge is 2.09. The van der Waals surface area contributed by atoms with Crippen molar-refractivity contribution in [2.75, 3.05) is 13.2 Å². The Morgan fingerprint density at radius 3 is 1.96 bits per heavy atom. The fourth-order valence-electron chi connectivity index (χ4n) is 2.40. The number of aryl methyl sites for hydroxylation is 2. The normalized spacial score (nSPS) is 14.8. The van der Waals surface area contributed by atoms with Crippen LogP contribution in [-0.2, 0) is 8.37 Å². The van der Waals surface area contributed by atoms with Crippen molar-refractivity contribution in [1.29, 1.82) is 0 Å². The molecule has 2 aromatic carbocycles. The van der Waals surface area contributed by atoms with Gasteiger partial charge in [-0.25, -0.2) is 3.63 Å². The van der Waals surface area contributed by atoms with E-state index in [-0.39, 0.29) is 0 Å². The van der Waals surface area contributed by atoms with Crippen molar-refractivity contribution in [3.63, 3.8) is 0 Å². The maximum Gasteiger partial charge on any atom is 0.0726 e. The van der Waals surface area contributed by atoms with Gasteiger partial charge in [0.25, 0.3) is 0 Å². The van der Waals surface area contributed by atoms with Crippen molar-refractivity contribution >= 4 is 24.1 Å². The minimum atomic E-state index is 0.775. The monoisotopic (exact) mass is 382 g/mol. The average molecular weight is 383 g/mol. The van der Waals surface area contributed by atoms with E-state index in [1.54, 1.807) is 0 Å². The van der Waals surface area contributed by atoms with Crippen molar-refractivity contribution in [3.05, 3.63) is 95.1 Å². The summed E-state index contributed by atoms with van der Waals surface area (Å²) in [6.07, 6.45) is 8.40. The first kappa shape index (κ1) is 19.1. The summed E-state index contributed by atoms with van der Waals surface area (Å²) in [4.78, 5) is 2.24. The SMILES string of the molecule is C1=CC2=CCOCC2=C1.Cc1ccc(SOSc2ccc(C)cc2)cc1. The van der Waals surface area contributed by atoms with Gasteiger partial charge in [-0.3, -0.25) is 0 Å². The van der Waals surface area contributed by atoms with Crippen LogP contribution in [0, 0.1) is 13.8 Å². The number of rotatable bonds is 4. The Hall–Kier alpha value is -1.72. The maximum absolute atomic E-state index is 5.52. The summed E-state index contributed by atoms with van der Waals surface area (Å²) in [5, 5.41) is 0. The molecule has 2 aliphatic rings. The van der Waals surface area contributed by atoms with Crippen molar-refractivity contribution in [2.24, 2.45) is 0 Å². The molecule has 0 aromatic heterocycles. The molecule has 0 bridgehead atoms. The number of fused-ring (bicyclic) bond motifs is 1. The Morgan fingerprint density at radius 2 is 1.42 bits per heavy atom. The van der Waals surface area contributed by atoms with E-state index >= 15 is 0 Å². The smallest absolute Gasteiger partial charge is 0.0726 e. The van der Waals surface area contributed by atoms with Crippen LogP contribution in [0.3, 0.4) is 0 Å². The van der Waals surface area contributed by atoms with E-state index in [2.05, 4.69) is 86.7 Å². The molecule has 26 heavy (non-hydrogen) atoms. The van der Waals surface area contributed by atoms with Crippen molar-refractivity contribution in [3.8, 4) is 0 Å². The highest BCUT2D eigenvalue weighted by atomic mass is 32.2. The van der Waals surface area contributed by atoms with Crippen LogP contribution in [0.2, 0.25) is 0 Å². The minimum absolute atomic E-state index is 0.775. The van der Waals surface area contributed by atoms with Gasteiger partial charge in [-0.15, -0.1) is 0 Å². The van der Waals surface area contributed by atoms with Crippen LogP contribution < -0.4 is 0 Å². The zero-order chi connectivity index (χ0) is 18.2. The lowest BCUT2D eigenvalue weighted by molar-refractivity contribution is 0.181. The standard InChI is InChI=1S/C14H14OS2.C8H8O/c1-11-3-7-13(8-4-11)16-15-17-14-9-5-12(2)6-10-14;1-2-7-4-5-9-6-8(7)3-1/h3-10H,1-2H3;1-4H,5-6H2. The molecule has 2 nitrogen and oxygen atoms in total. The Balaban J connectivity index is 0.000000181. The van der Waals surface area contributed by atoms with Gasteiger partial charge in [0.15, 0.2) is 0 Å². The van der Waals surface area contributed by atoms with Crippen LogP contribution in [0.15, 0.2) is 93.8 Å². The second-order valence-corrected chi connectivity index (χ2v) is 7.91. The first-order chi connectivity index (χ1) is 12.7. The van der Waals surface area contributed by atoms with Crippen LogP contribution in [0.4, 0.5) is 0 Å². The first-order valence-corrected chi connectivity index (χ1v) is 9.99. The van der Waals surface area contributed by atoms with Gasteiger partial charge in [0.05, 0.1) is 13.2 Å². The van der Waals surface area contributed by atoms with E-state index in [9.17, 15) is 0 Å². The summed E-state index contributed by atoms with van der Waals surface area (Å²) in [5.74, 6) is 0. The zero-order valence-corrected chi connectivity index (χ0v) is 16.6. The molecule has 0 N–H and O–H groups in total. The molecule has 1 aliphatic heterocycles. The van der Waals surface area contributed by atoms with Crippen molar-refractivity contribution in [1.82, 2.24) is 0 Å². The molecule has 1 heterocycles. The summed E-state index contributed by atoms with van der Waals surface area (Å²) >= 11 is 2.78. The zero-order valence-electron chi connectivity index (χ0n) is 15.0. The van der Waals surface area contributed by atoms with Crippen LogP contribution in [0.1, 0.15) is 11.1 Å². The van der Waals surface area contributed by atoms with Gasteiger partial charge in [0.1, 0.15) is 0 Å². The summed E-state index contributed by atoms with van der Waals surface area (Å²) in [6.45, 7) is 5.72. The Labute approximate surface area is 164 Å². The molecule has 4 rings (SSSR count). The number of allylic oxidation sites excluding steroid dienone is 3. The van der Waals surface area contributed by atoms with E-state index in [0.29, 0.717) is 0 Å². The predicted molar refractivity (Wildman–Crippen MR) is 111 cm³/mol. The molecule has 1 aliphatic carbocycles. The topological polar surface area (TPSA) is 18.5 Å². The summed E-state index contributed by atoms with van der Waals surface area (Å²) in [5.41, 5.74) is 5.20. The average Bonchev–Trinajstić information content (AvgIpc) is 3.14. The Morgan fingerprint density at radius 1 is 0.846 bits per heavy atom. The van der Waals surface area contributed by atoms with Gasteiger partial charge >= 0.3 is 0 Å². The fourth-order valence-corrected chi connectivity index (χ4v) is 3.66. The molecule has 0 saturated heterocycles. The van der Waals surface area contributed by atoms with Crippen molar-refractivity contribution in [2.45, 2.75) is 23.6 Å². The third-order valence-corrected chi connectivity index (χ3v) is 5.40. The summed E-state index contributed by atoms with van der Waals surface area (Å²) in [7, 11) is 0. The Bertz CT molecular complexity index is 758. The lowest BCUT2D eigenvalue weighted by Crippen LogP contribution is -2.04. The molecule has 2 aromatic rings. The van der Waals surface area contributed by atoms with E-state index in [1.807, 2.05) is 0 Å². The lowest BCUT2D eigenvalue weighted by Gasteiger charge is -2.10. The van der Waals surface area contributed by atoms with Gasteiger partial charge in [-0.1, -0.05) is 59.7 Å². The molecule has 134 valence electrons. The second kappa shape index (κ2) is 9.83. The molecule has 0 radical (unpaired) electrons. The molecule has 0 amide bonds. The Kier molecular flexibility index (Phi) is 7.21. The molecule has 0 fully saturated rings. The van der Waals surface area contributed by atoms with Gasteiger partial charge in [0.2, 0.25) is 0 Å². The number of hydrogen-bond acceptors (Lipinski definition) is 4. The summed E-state index contributed by atoms with van der Waals surface area (Å²) < 4.78 is 10.7. The third-order valence-electron chi connectivity index (χ3n) is 3.93. The summed E-state index contributed by atoms with van der Waals surface area (Å²) in [6, 6.07) is 16.6. The predicted octanol–water partition coefficient (Wildman–Crippen LogP) is 6.47. The van der Waals surface area contributed by atoms with Gasteiger partial charge in [0, 0.05) is 33.9 Å². The lowest BCUT2D eigenvalue weighted by atomic mass is 10.1. The molecule has 0 spiro atoms. The third kappa shape index (κ3) is 5.92. The number of benzene rings is 2. The second-order valence-electron chi connectivity index (χ2n) is 6.09. The van der Waals surface area contributed by atoms with Gasteiger partial charge in [-0.05, 0) is 49.3 Å². The largest absolute Gasteiger partial charge is 0.373 e. The number of ether oxygens (including phenoxy) is 1. The highest BCUT2D eigenvalue weighted by molar-refractivity contribution is 8.07. The van der Waals surface area contributed by atoms with Gasteiger partial charge in [-0.2, -0.15) is 0 Å². The molecule has 0 atom stereocenters. The molecule has 0 saturated carbocycles. The van der Waals surface area contributed by atoms with E-state index in [0.717, 1.165) is 23.0 Å². The first-order valence-electron chi connectivity index (χ1n) is 8.51. The van der Waals surface area contributed by atoms with Crippen LogP contribution >= 0.6 is 24.1 Å². The molecule has 4 heteroatoms. The minimum Gasteiger partial charge on any atom is -0.373 e. The quantitative estimate of drug-likeness (QED) is 0.564. The number of hydrogen-bond donors (Lipinski definition) is 0. The maximum atomic E-state index is 5.52. The van der Waals surface area contributed by atoms with Crippen LogP contribution in [0.5, 0.6) is 0 Å². The van der Waals surface area contributed by atoms with E-state index in [4.69, 9.17) is 8.37 Å². The molecule has 0 unspecified atom stereocenters. The highest BCUT2D eigenvalue weighted by Crippen LogP contribution is 2.29. The van der Waals surface area contributed by atoms with E-state index in [1.165, 1.54) is 46.4 Å². The molecular formula is C22H22O2S2. The molecular weight excluding hydrogens is 360 g/mol. The van der Waals surface area contributed by atoms with Crippen LogP contribution in [0.25, 0.3) is 0 Å². The van der Waals surface area contributed by atoms with E-state index < -0.39 is 0 Å². The van der Waals surface area contributed by atoms with Crippen molar-refractivity contribution < 1.29 is 8.37 Å². The fraction of sp³-hybridized carbons (Fsp3) is 0.182. The van der Waals surface area contributed by atoms with Gasteiger partial charge < -0.3 is 4.74 Å². The van der Waals surface area contributed by atoms with Crippen LogP contribution in [-0.4, -0.2) is 13.2 Å².